The van der Waals surface area contributed by atoms with Crippen molar-refractivity contribution in [3.05, 3.63) is 35.4 Å². The number of alkyl halides is 16. The van der Waals surface area contributed by atoms with Crippen LogP contribution < -0.4 is 0 Å². The van der Waals surface area contributed by atoms with Crippen molar-refractivity contribution in [3.63, 3.8) is 0 Å². The minimum atomic E-state index is -8.26. The van der Waals surface area contributed by atoms with Gasteiger partial charge >= 0.3 is 42.0 Å². The highest BCUT2D eigenvalue weighted by Crippen LogP contribution is 2.62. The highest BCUT2D eigenvalue weighted by atomic mass is 19.4. The Bertz CT molecular complexity index is 885. The zero-order chi connectivity index (χ0) is 28.1. The lowest BCUT2D eigenvalue weighted by atomic mass is 9.82. The Balaban J connectivity index is 3.68. The Kier molecular flexibility index (Phi) is 7.88. The summed E-state index contributed by atoms with van der Waals surface area (Å²) < 4.78 is 212. The number of aryl methyl sites for hydroxylation is 1. The standard InChI is InChI=1S/C18H14F16O/c1-2-4-9-5-3-6-10(7-9)11(35,17(29,30)31)8-12(19,20)13(21,22)14(23,24)15(25,26)16(27,28)18(32,33)34/h3,5-7,35H,2,4,8H2,1H3. The first kappa shape index (κ1) is 31.1. The van der Waals surface area contributed by atoms with E-state index in [9.17, 15) is 75.4 Å². The Morgan fingerprint density at radius 3 is 1.49 bits per heavy atom. The molecule has 0 fully saturated rings. The summed E-state index contributed by atoms with van der Waals surface area (Å²) in [5.74, 6) is -39.6. The van der Waals surface area contributed by atoms with Crippen molar-refractivity contribution in [1.82, 2.24) is 0 Å². The summed E-state index contributed by atoms with van der Waals surface area (Å²) >= 11 is 0. The normalized spacial score (nSPS) is 16.9. The molecule has 17 heteroatoms. The first-order valence-electron chi connectivity index (χ1n) is 9.09. The van der Waals surface area contributed by atoms with Gasteiger partial charge in [0.2, 0.25) is 0 Å². The van der Waals surface area contributed by atoms with Crippen LogP contribution in [0.1, 0.15) is 30.9 Å². The van der Waals surface area contributed by atoms with Gasteiger partial charge in [0.25, 0.3) is 0 Å². The molecule has 0 amide bonds. The Labute approximate surface area is 185 Å². The first-order valence-corrected chi connectivity index (χ1v) is 9.09. The number of aliphatic hydroxyl groups is 1. The minimum Gasteiger partial charge on any atom is -0.376 e. The molecule has 0 saturated carbocycles. The quantitative estimate of drug-likeness (QED) is 0.316. The smallest absolute Gasteiger partial charge is 0.376 e. The zero-order valence-electron chi connectivity index (χ0n) is 16.9. The van der Waals surface area contributed by atoms with Crippen LogP contribution in [0.4, 0.5) is 70.2 Å². The van der Waals surface area contributed by atoms with Crippen molar-refractivity contribution < 1.29 is 75.4 Å². The van der Waals surface area contributed by atoms with Gasteiger partial charge in [-0.15, -0.1) is 0 Å². The van der Waals surface area contributed by atoms with Crippen LogP contribution in [-0.2, 0) is 12.0 Å². The highest BCUT2D eigenvalue weighted by Gasteiger charge is 2.91. The number of halogens is 16. The van der Waals surface area contributed by atoms with Crippen LogP contribution >= 0.6 is 0 Å². The SMILES string of the molecule is CCCc1cccc(C(O)(CC(F)(F)C(F)(F)C(F)(F)C(F)(F)C(F)(F)C(F)(F)F)C(F)(F)F)c1. The van der Waals surface area contributed by atoms with Gasteiger partial charge < -0.3 is 5.11 Å². The van der Waals surface area contributed by atoms with Gasteiger partial charge in [0, 0.05) is 0 Å². The van der Waals surface area contributed by atoms with E-state index in [1.165, 1.54) is 6.92 Å². The van der Waals surface area contributed by atoms with Crippen LogP contribution in [0.2, 0.25) is 0 Å². The van der Waals surface area contributed by atoms with Gasteiger partial charge in [-0.2, -0.15) is 70.2 Å². The highest BCUT2D eigenvalue weighted by molar-refractivity contribution is 5.31. The molecule has 0 bridgehead atoms. The number of hydrogen-bond donors (Lipinski definition) is 1. The predicted molar refractivity (Wildman–Crippen MR) is 85.8 cm³/mol. The maximum atomic E-state index is 14.1. The molecule has 1 unspecified atom stereocenters. The van der Waals surface area contributed by atoms with Crippen molar-refractivity contribution in [2.24, 2.45) is 0 Å². The predicted octanol–water partition coefficient (Wildman–Crippen LogP) is 7.52. The fraction of sp³-hybridized carbons (Fsp3) is 0.667. The Morgan fingerprint density at radius 1 is 0.629 bits per heavy atom. The van der Waals surface area contributed by atoms with Gasteiger partial charge in [0.15, 0.2) is 5.60 Å². The summed E-state index contributed by atoms with van der Waals surface area (Å²) in [6.07, 6.45) is -17.7. The van der Waals surface area contributed by atoms with Crippen molar-refractivity contribution in [3.8, 4) is 0 Å². The van der Waals surface area contributed by atoms with E-state index in [4.69, 9.17) is 0 Å². The van der Waals surface area contributed by atoms with Crippen molar-refractivity contribution in [1.29, 1.82) is 0 Å². The Morgan fingerprint density at radius 2 is 1.09 bits per heavy atom. The van der Waals surface area contributed by atoms with E-state index in [1.54, 1.807) is 0 Å². The zero-order valence-corrected chi connectivity index (χ0v) is 16.9. The third kappa shape index (κ3) is 4.88. The maximum Gasteiger partial charge on any atom is 0.460 e. The minimum absolute atomic E-state index is 0.0643. The molecule has 1 atom stereocenters. The van der Waals surface area contributed by atoms with Gasteiger partial charge in [-0.25, -0.2) is 0 Å². The number of hydrogen-bond acceptors (Lipinski definition) is 1. The van der Waals surface area contributed by atoms with Crippen LogP contribution in [0.5, 0.6) is 0 Å². The molecule has 204 valence electrons. The van der Waals surface area contributed by atoms with Gasteiger partial charge in [-0.05, 0) is 17.5 Å². The van der Waals surface area contributed by atoms with Crippen LogP contribution in [0.25, 0.3) is 0 Å². The molecular weight excluding hydrogens is 536 g/mol. The summed E-state index contributed by atoms with van der Waals surface area (Å²) in [6.45, 7) is 1.48. The molecule has 1 nitrogen and oxygen atoms in total. The monoisotopic (exact) mass is 550 g/mol. The molecule has 0 aliphatic carbocycles. The third-order valence-corrected chi connectivity index (χ3v) is 4.89. The van der Waals surface area contributed by atoms with Crippen molar-refractivity contribution >= 4 is 0 Å². The molecule has 0 aromatic heterocycles. The topological polar surface area (TPSA) is 20.2 Å². The number of rotatable bonds is 9. The molecule has 1 N–H and O–H groups in total. The second kappa shape index (κ2) is 8.87. The van der Waals surface area contributed by atoms with Gasteiger partial charge in [0.05, 0.1) is 6.42 Å². The largest absolute Gasteiger partial charge is 0.460 e. The molecular formula is C18H14F16O. The molecule has 35 heavy (non-hydrogen) atoms. The molecule has 0 radical (unpaired) electrons. The molecule has 0 aliphatic heterocycles. The van der Waals surface area contributed by atoms with Crippen molar-refractivity contribution in [2.45, 2.75) is 73.8 Å². The molecule has 1 aromatic rings. The van der Waals surface area contributed by atoms with Crippen molar-refractivity contribution in [2.75, 3.05) is 0 Å². The number of benzene rings is 1. The lowest BCUT2D eigenvalue weighted by molar-refractivity contribution is -0.443. The molecule has 0 aliphatic rings. The maximum absolute atomic E-state index is 14.1. The van der Waals surface area contributed by atoms with E-state index in [0.717, 1.165) is 6.07 Å². The van der Waals surface area contributed by atoms with Gasteiger partial charge in [-0.3, -0.25) is 0 Å². The van der Waals surface area contributed by atoms with Crippen LogP contribution in [0, 0.1) is 0 Å². The first-order chi connectivity index (χ1) is 15.2. The van der Waals surface area contributed by atoms with Gasteiger partial charge in [-0.1, -0.05) is 37.6 Å². The molecule has 1 aromatic carbocycles. The van der Waals surface area contributed by atoms with E-state index in [2.05, 4.69) is 0 Å². The third-order valence-electron chi connectivity index (χ3n) is 4.89. The lowest BCUT2D eigenvalue weighted by Crippen LogP contribution is -2.70. The molecule has 0 heterocycles. The second-order valence-corrected chi connectivity index (χ2v) is 7.48. The van der Waals surface area contributed by atoms with E-state index in [0.29, 0.717) is 12.1 Å². The Hall–Kier alpha value is -1.94. The molecule has 0 spiro atoms. The fourth-order valence-electron chi connectivity index (χ4n) is 2.87. The van der Waals surface area contributed by atoms with Crippen LogP contribution in [0.3, 0.4) is 0 Å². The second-order valence-electron chi connectivity index (χ2n) is 7.48. The summed E-state index contributed by atoms with van der Waals surface area (Å²) in [5.41, 5.74) is -6.90. The van der Waals surface area contributed by atoms with E-state index >= 15 is 0 Å². The van der Waals surface area contributed by atoms with Crippen LogP contribution in [0.15, 0.2) is 24.3 Å². The van der Waals surface area contributed by atoms with Crippen LogP contribution in [-0.4, -0.2) is 47.1 Å². The molecule has 1 rings (SSSR count). The van der Waals surface area contributed by atoms with E-state index in [1.807, 2.05) is 0 Å². The summed E-state index contributed by atoms with van der Waals surface area (Å²) in [7, 11) is 0. The summed E-state index contributed by atoms with van der Waals surface area (Å²) in [4.78, 5) is 0. The average Bonchev–Trinajstić information content (AvgIpc) is 2.65. The summed E-state index contributed by atoms with van der Waals surface area (Å²) in [5, 5.41) is 9.87. The van der Waals surface area contributed by atoms with E-state index < -0.39 is 59.6 Å². The van der Waals surface area contributed by atoms with Gasteiger partial charge in [0.1, 0.15) is 0 Å². The summed E-state index contributed by atoms with van der Waals surface area (Å²) in [6, 6.07) is 2.39. The molecule has 0 saturated heterocycles. The average molecular weight is 550 g/mol. The van der Waals surface area contributed by atoms with E-state index in [-0.39, 0.29) is 24.5 Å². The fourth-order valence-corrected chi connectivity index (χ4v) is 2.87. The lowest BCUT2D eigenvalue weighted by Gasteiger charge is -2.42.